The van der Waals surface area contributed by atoms with Crippen molar-refractivity contribution in [3.63, 3.8) is 0 Å². The Bertz CT molecular complexity index is 847. The van der Waals surface area contributed by atoms with Gasteiger partial charge in [-0.15, -0.1) is 0 Å². The zero-order valence-corrected chi connectivity index (χ0v) is 14.0. The first-order valence-corrected chi connectivity index (χ1v) is 9.52. The number of sulfone groups is 1. The second-order valence-electron chi connectivity index (χ2n) is 6.27. The summed E-state index contributed by atoms with van der Waals surface area (Å²) >= 11 is 0. The Balaban J connectivity index is 2.04. The highest BCUT2D eigenvalue weighted by Crippen LogP contribution is 2.42. The number of hydrogen-bond donors (Lipinski definition) is 0. The van der Waals surface area contributed by atoms with Gasteiger partial charge in [0.15, 0.2) is 9.84 Å². The van der Waals surface area contributed by atoms with Gasteiger partial charge < -0.3 is 0 Å². The van der Waals surface area contributed by atoms with E-state index in [1.165, 1.54) is 29.5 Å². The molecule has 1 aliphatic rings. The molecule has 0 saturated carbocycles. The molecule has 1 aliphatic carbocycles. The molecule has 2 aromatic rings. The summed E-state index contributed by atoms with van der Waals surface area (Å²) in [6.45, 7) is 2.20. The van der Waals surface area contributed by atoms with E-state index in [2.05, 4.69) is 6.92 Å². The summed E-state index contributed by atoms with van der Waals surface area (Å²) in [7, 11) is -3.18. The van der Waals surface area contributed by atoms with Crippen LogP contribution in [0.15, 0.2) is 53.4 Å². The lowest BCUT2D eigenvalue weighted by atomic mass is 9.97. The molecule has 0 N–H and O–H groups in total. The van der Waals surface area contributed by atoms with Crippen LogP contribution in [0.5, 0.6) is 0 Å². The molecule has 0 radical (unpaired) electrons. The SMILES string of the molecule is CC1CC(c2ccc(F)cc2)=C(c2ccc(S(C)(=O)=O)cc2)C1. The van der Waals surface area contributed by atoms with Crippen molar-refractivity contribution in [1.29, 1.82) is 0 Å². The molecule has 0 spiro atoms. The molecule has 2 aromatic carbocycles. The van der Waals surface area contributed by atoms with E-state index in [0.717, 1.165) is 24.0 Å². The summed E-state index contributed by atoms with van der Waals surface area (Å²) in [4.78, 5) is 0.330. The van der Waals surface area contributed by atoms with Crippen molar-refractivity contribution in [2.75, 3.05) is 6.26 Å². The van der Waals surface area contributed by atoms with Gasteiger partial charge in [-0.05, 0) is 65.3 Å². The van der Waals surface area contributed by atoms with Crippen LogP contribution in [0.1, 0.15) is 30.9 Å². The average molecular weight is 330 g/mol. The number of halogens is 1. The van der Waals surface area contributed by atoms with E-state index < -0.39 is 9.84 Å². The number of allylic oxidation sites excluding steroid dienone is 2. The monoisotopic (exact) mass is 330 g/mol. The van der Waals surface area contributed by atoms with Crippen molar-refractivity contribution in [2.24, 2.45) is 5.92 Å². The van der Waals surface area contributed by atoms with Crippen molar-refractivity contribution in [1.82, 2.24) is 0 Å². The van der Waals surface area contributed by atoms with Crippen LogP contribution in [0.25, 0.3) is 11.1 Å². The van der Waals surface area contributed by atoms with Crippen LogP contribution in [-0.2, 0) is 9.84 Å². The molecule has 0 saturated heterocycles. The Morgan fingerprint density at radius 1 is 0.870 bits per heavy atom. The van der Waals surface area contributed by atoms with Crippen LogP contribution < -0.4 is 0 Å². The fourth-order valence-corrected chi connectivity index (χ4v) is 3.78. The lowest BCUT2D eigenvalue weighted by Gasteiger charge is -2.09. The van der Waals surface area contributed by atoms with Gasteiger partial charge in [0.05, 0.1) is 4.90 Å². The Labute approximate surface area is 136 Å². The maximum absolute atomic E-state index is 13.2. The summed E-state index contributed by atoms with van der Waals surface area (Å²) in [5, 5.41) is 0. The van der Waals surface area contributed by atoms with Gasteiger partial charge in [-0.2, -0.15) is 0 Å². The molecule has 0 heterocycles. The molecule has 120 valence electrons. The van der Waals surface area contributed by atoms with Gasteiger partial charge in [-0.1, -0.05) is 31.2 Å². The van der Waals surface area contributed by atoms with Crippen LogP contribution in [-0.4, -0.2) is 14.7 Å². The quantitative estimate of drug-likeness (QED) is 0.826. The molecule has 0 bridgehead atoms. The summed E-state index contributed by atoms with van der Waals surface area (Å²) in [5.41, 5.74) is 4.53. The molecule has 1 atom stereocenters. The highest BCUT2D eigenvalue weighted by molar-refractivity contribution is 7.90. The standard InChI is InChI=1S/C19H19FO2S/c1-13-11-18(14-3-7-16(20)8-4-14)19(12-13)15-5-9-17(10-6-15)23(2,21)22/h3-10,13H,11-12H2,1-2H3. The van der Waals surface area contributed by atoms with Crippen molar-refractivity contribution in [3.8, 4) is 0 Å². The fourth-order valence-electron chi connectivity index (χ4n) is 3.15. The van der Waals surface area contributed by atoms with E-state index in [1.54, 1.807) is 12.1 Å². The second-order valence-corrected chi connectivity index (χ2v) is 8.29. The topological polar surface area (TPSA) is 34.1 Å². The summed E-state index contributed by atoms with van der Waals surface area (Å²) in [6.07, 6.45) is 3.11. The van der Waals surface area contributed by atoms with Crippen LogP contribution >= 0.6 is 0 Å². The Morgan fingerprint density at radius 2 is 1.30 bits per heavy atom. The Morgan fingerprint density at radius 3 is 1.74 bits per heavy atom. The van der Waals surface area contributed by atoms with E-state index in [1.807, 2.05) is 24.3 Å². The van der Waals surface area contributed by atoms with Crippen molar-refractivity contribution in [2.45, 2.75) is 24.7 Å². The second kappa shape index (κ2) is 5.93. The third kappa shape index (κ3) is 3.37. The van der Waals surface area contributed by atoms with E-state index in [9.17, 15) is 12.8 Å². The lowest BCUT2D eigenvalue weighted by Crippen LogP contribution is -1.97. The summed E-state index contributed by atoms with van der Waals surface area (Å²) in [5.74, 6) is 0.291. The van der Waals surface area contributed by atoms with Crippen LogP contribution in [0.2, 0.25) is 0 Å². The third-order valence-corrected chi connectivity index (χ3v) is 5.42. The van der Waals surface area contributed by atoms with Gasteiger partial charge in [0.25, 0.3) is 0 Å². The lowest BCUT2D eigenvalue weighted by molar-refractivity contribution is 0.602. The van der Waals surface area contributed by atoms with Crippen molar-refractivity contribution >= 4 is 21.0 Å². The minimum absolute atomic E-state index is 0.237. The molecule has 1 unspecified atom stereocenters. The van der Waals surface area contributed by atoms with Crippen LogP contribution in [0.4, 0.5) is 4.39 Å². The molecule has 0 aromatic heterocycles. The highest BCUT2D eigenvalue weighted by atomic mass is 32.2. The van der Waals surface area contributed by atoms with Gasteiger partial charge in [0, 0.05) is 6.26 Å². The zero-order chi connectivity index (χ0) is 16.6. The molecule has 0 amide bonds. The van der Waals surface area contributed by atoms with Gasteiger partial charge in [-0.25, -0.2) is 12.8 Å². The van der Waals surface area contributed by atoms with Crippen LogP contribution in [0, 0.1) is 11.7 Å². The van der Waals surface area contributed by atoms with Gasteiger partial charge in [0.1, 0.15) is 5.82 Å². The number of rotatable bonds is 3. The van der Waals surface area contributed by atoms with E-state index in [-0.39, 0.29) is 5.82 Å². The first-order chi connectivity index (χ1) is 10.8. The van der Waals surface area contributed by atoms with E-state index >= 15 is 0 Å². The van der Waals surface area contributed by atoms with E-state index in [4.69, 9.17) is 0 Å². The van der Waals surface area contributed by atoms with Crippen molar-refractivity contribution < 1.29 is 12.8 Å². The first-order valence-electron chi connectivity index (χ1n) is 7.63. The fraction of sp³-hybridized carbons (Fsp3) is 0.263. The normalized spacial score (nSPS) is 18.5. The zero-order valence-electron chi connectivity index (χ0n) is 13.2. The van der Waals surface area contributed by atoms with Gasteiger partial charge >= 0.3 is 0 Å². The molecule has 0 aliphatic heterocycles. The van der Waals surface area contributed by atoms with E-state index in [0.29, 0.717) is 10.8 Å². The largest absolute Gasteiger partial charge is 0.224 e. The number of benzene rings is 2. The maximum atomic E-state index is 13.2. The van der Waals surface area contributed by atoms with Crippen LogP contribution in [0.3, 0.4) is 0 Å². The number of hydrogen-bond acceptors (Lipinski definition) is 2. The molecular weight excluding hydrogens is 311 g/mol. The maximum Gasteiger partial charge on any atom is 0.175 e. The summed E-state index contributed by atoms with van der Waals surface area (Å²) < 4.78 is 36.3. The minimum Gasteiger partial charge on any atom is -0.224 e. The molecule has 3 rings (SSSR count). The van der Waals surface area contributed by atoms with Crippen molar-refractivity contribution in [3.05, 3.63) is 65.5 Å². The molecular formula is C19H19FO2S. The summed E-state index contributed by atoms with van der Waals surface area (Å²) in [6, 6.07) is 13.6. The predicted octanol–water partition coefficient (Wildman–Crippen LogP) is 4.57. The molecule has 4 heteroatoms. The van der Waals surface area contributed by atoms with Gasteiger partial charge in [0.2, 0.25) is 0 Å². The Hall–Kier alpha value is -1.94. The molecule has 23 heavy (non-hydrogen) atoms. The molecule has 2 nitrogen and oxygen atoms in total. The van der Waals surface area contributed by atoms with Gasteiger partial charge in [-0.3, -0.25) is 0 Å². The smallest absolute Gasteiger partial charge is 0.175 e. The molecule has 0 fully saturated rings. The highest BCUT2D eigenvalue weighted by Gasteiger charge is 2.23. The predicted molar refractivity (Wildman–Crippen MR) is 91.2 cm³/mol. The third-order valence-electron chi connectivity index (χ3n) is 4.29. The minimum atomic E-state index is -3.18. The average Bonchev–Trinajstić information content (AvgIpc) is 2.89. The first kappa shape index (κ1) is 15.9. The Kier molecular flexibility index (Phi) is 4.11.